The Balaban J connectivity index is 1.79. The summed E-state index contributed by atoms with van der Waals surface area (Å²) in [6, 6.07) is 6.43. The molecule has 1 aromatic heterocycles. The van der Waals surface area contributed by atoms with Gasteiger partial charge < -0.3 is 10.0 Å². The molecule has 0 bridgehead atoms. The second-order valence-electron chi connectivity index (χ2n) is 7.09. The number of piperidine rings is 1. The number of amides is 1. The van der Waals surface area contributed by atoms with Crippen LogP contribution < -0.4 is 0 Å². The number of hydrogen-bond acceptors (Lipinski definition) is 5. The minimum absolute atomic E-state index is 0.176. The summed E-state index contributed by atoms with van der Waals surface area (Å²) in [5.41, 5.74) is -0.166. The second kappa shape index (κ2) is 7.64. The Morgan fingerprint density at radius 3 is 2.67 bits per heavy atom. The van der Waals surface area contributed by atoms with Gasteiger partial charge in [0, 0.05) is 23.7 Å². The zero-order valence-electron chi connectivity index (χ0n) is 15.3. The Morgan fingerprint density at radius 1 is 1.33 bits per heavy atom. The van der Waals surface area contributed by atoms with Crippen LogP contribution in [0.4, 0.5) is 0 Å². The van der Waals surface area contributed by atoms with Gasteiger partial charge in [-0.25, -0.2) is 0 Å². The number of hydrogen-bond donors (Lipinski definition) is 1. The Morgan fingerprint density at radius 2 is 2.04 bits per heavy atom. The SMILES string of the molecule is CCC(C(=O)N1CCCC(C)(C(=O)O)C1)n1nnc(-c2ccc(Cl)cc2)n1. The molecule has 0 spiro atoms. The van der Waals surface area contributed by atoms with Crippen molar-refractivity contribution in [3.8, 4) is 11.4 Å². The van der Waals surface area contributed by atoms with Gasteiger partial charge in [-0.1, -0.05) is 18.5 Å². The smallest absolute Gasteiger partial charge is 0.311 e. The maximum Gasteiger partial charge on any atom is 0.311 e. The van der Waals surface area contributed by atoms with Crippen molar-refractivity contribution in [3.63, 3.8) is 0 Å². The van der Waals surface area contributed by atoms with Crippen molar-refractivity contribution in [1.29, 1.82) is 0 Å². The van der Waals surface area contributed by atoms with E-state index in [1.165, 1.54) is 4.80 Å². The zero-order valence-corrected chi connectivity index (χ0v) is 16.1. The summed E-state index contributed by atoms with van der Waals surface area (Å²) in [5.74, 6) is -0.645. The molecule has 3 rings (SSSR count). The first-order chi connectivity index (χ1) is 12.8. The highest BCUT2D eigenvalue weighted by Crippen LogP contribution is 2.31. The fourth-order valence-electron chi connectivity index (χ4n) is 3.32. The maximum absolute atomic E-state index is 13.0. The molecule has 0 saturated carbocycles. The van der Waals surface area contributed by atoms with Crippen molar-refractivity contribution >= 4 is 23.5 Å². The minimum Gasteiger partial charge on any atom is -0.481 e. The number of carboxylic acids is 1. The van der Waals surface area contributed by atoms with Gasteiger partial charge in [0.15, 0.2) is 6.04 Å². The summed E-state index contributed by atoms with van der Waals surface area (Å²) in [6.07, 6.45) is 1.70. The number of rotatable bonds is 5. The molecule has 1 N–H and O–H groups in total. The quantitative estimate of drug-likeness (QED) is 0.840. The van der Waals surface area contributed by atoms with E-state index >= 15 is 0 Å². The van der Waals surface area contributed by atoms with E-state index in [1.807, 2.05) is 6.92 Å². The number of carbonyl (C=O) groups is 2. The molecule has 144 valence electrons. The van der Waals surface area contributed by atoms with Gasteiger partial charge in [0.05, 0.1) is 5.41 Å². The number of aromatic nitrogens is 4. The average Bonchev–Trinajstić information content (AvgIpc) is 3.12. The first-order valence-electron chi connectivity index (χ1n) is 8.91. The van der Waals surface area contributed by atoms with E-state index in [1.54, 1.807) is 36.1 Å². The van der Waals surface area contributed by atoms with Crippen LogP contribution in [0.5, 0.6) is 0 Å². The zero-order chi connectivity index (χ0) is 19.6. The Kier molecular flexibility index (Phi) is 5.46. The van der Waals surface area contributed by atoms with Crippen molar-refractivity contribution in [2.45, 2.75) is 39.2 Å². The monoisotopic (exact) mass is 391 g/mol. The highest BCUT2D eigenvalue weighted by Gasteiger charge is 2.41. The fraction of sp³-hybridized carbons (Fsp3) is 0.500. The lowest BCUT2D eigenvalue weighted by atomic mass is 9.82. The molecular weight excluding hydrogens is 370 g/mol. The van der Waals surface area contributed by atoms with Crippen LogP contribution in [0.1, 0.15) is 39.2 Å². The largest absolute Gasteiger partial charge is 0.481 e. The van der Waals surface area contributed by atoms with E-state index in [4.69, 9.17) is 11.6 Å². The van der Waals surface area contributed by atoms with Gasteiger partial charge in [0.25, 0.3) is 0 Å². The number of tetrazole rings is 1. The molecule has 9 heteroatoms. The molecule has 2 aromatic rings. The first kappa shape index (κ1) is 19.3. The molecular formula is C18H22ClN5O3. The molecule has 1 aliphatic rings. The molecule has 2 atom stereocenters. The Hall–Kier alpha value is -2.48. The summed E-state index contributed by atoms with van der Waals surface area (Å²) in [6.45, 7) is 4.28. The average molecular weight is 392 g/mol. The molecule has 8 nitrogen and oxygen atoms in total. The van der Waals surface area contributed by atoms with Crippen LogP contribution in [-0.2, 0) is 9.59 Å². The standard InChI is InChI=1S/C18H22ClN5O3/c1-3-14(16(25)23-10-4-9-18(2,11-23)17(26)27)24-21-15(20-22-24)12-5-7-13(19)8-6-12/h5-8,14H,3-4,9-11H2,1-2H3,(H,26,27). The van der Waals surface area contributed by atoms with Crippen molar-refractivity contribution < 1.29 is 14.7 Å². The number of carbonyl (C=O) groups excluding carboxylic acids is 1. The van der Waals surface area contributed by atoms with Gasteiger partial charge in [-0.15, -0.1) is 10.2 Å². The number of halogens is 1. The van der Waals surface area contributed by atoms with Gasteiger partial charge in [-0.05, 0) is 55.7 Å². The third-order valence-electron chi connectivity index (χ3n) is 5.01. The fourth-order valence-corrected chi connectivity index (χ4v) is 3.45. The maximum atomic E-state index is 13.0. The predicted octanol–water partition coefficient (Wildman–Crippen LogP) is 2.66. The molecule has 27 heavy (non-hydrogen) atoms. The van der Waals surface area contributed by atoms with E-state index in [9.17, 15) is 14.7 Å². The van der Waals surface area contributed by atoms with Crippen LogP contribution in [0, 0.1) is 5.41 Å². The van der Waals surface area contributed by atoms with Gasteiger partial charge in [0.1, 0.15) is 0 Å². The van der Waals surface area contributed by atoms with Crippen LogP contribution in [0.3, 0.4) is 0 Å². The van der Waals surface area contributed by atoms with E-state index in [2.05, 4.69) is 15.4 Å². The number of carboxylic acid groups (broad SMARTS) is 1. The molecule has 2 unspecified atom stereocenters. The molecule has 1 fully saturated rings. The van der Waals surface area contributed by atoms with E-state index in [0.717, 1.165) is 5.56 Å². The summed E-state index contributed by atoms with van der Waals surface area (Å²) >= 11 is 5.90. The van der Waals surface area contributed by atoms with Crippen molar-refractivity contribution in [2.75, 3.05) is 13.1 Å². The number of nitrogens with zero attached hydrogens (tertiary/aromatic N) is 5. The Labute approximate surface area is 162 Å². The summed E-state index contributed by atoms with van der Waals surface area (Å²) in [4.78, 5) is 27.5. The molecule has 2 heterocycles. The molecule has 0 radical (unpaired) electrons. The summed E-state index contributed by atoms with van der Waals surface area (Å²) in [7, 11) is 0. The highest BCUT2D eigenvalue weighted by molar-refractivity contribution is 6.30. The molecule has 0 aliphatic carbocycles. The summed E-state index contributed by atoms with van der Waals surface area (Å²) < 4.78 is 0. The van der Waals surface area contributed by atoms with Crippen molar-refractivity contribution in [2.24, 2.45) is 5.41 Å². The summed E-state index contributed by atoms with van der Waals surface area (Å²) in [5, 5.41) is 22.5. The van der Waals surface area contributed by atoms with Crippen LogP contribution in [0.15, 0.2) is 24.3 Å². The van der Waals surface area contributed by atoms with Crippen LogP contribution >= 0.6 is 11.6 Å². The lowest BCUT2D eigenvalue weighted by Crippen LogP contribution is -2.50. The van der Waals surface area contributed by atoms with Gasteiger partial charge in [-0.3, -0.25) is 9.59 Å². The minimum atomic E-state index is -0.920. The number of likely N-dealkylation sites (tertiary alicyclic amines) is 1. The van der Waals surface area contributed by atoms with Gasteiger partial charge >= 0.3 is 5.97 Å². The molecule has 1 saturated heterocycles. The van der Waals surface area contributed by atoms with E-state index in [0.29, 0.717) is 36.7 Å². The highest BCUT2D eigenvalue weighted by atomic mass is 35.5. The normalized spacial score (nSPS) is 21.1. The van der Waals surface area contributed by atoms with Crippen LogP contribution in [0.2, 0.25) is 5.02 Å². The van der Waals surface area contributed by atoms with Gasteiger partial charge in [0.2, 0.25) is 11.7 Å². The second-order valence-corrected chi connectivity index (χ2v) is 7.53. The molecule has 1 amide bonds. The number of aliphatic carboxylic acids is 1. The lowest BCUT2D eigenvalue weighted by molar-refractivity contribution is -0.154. The molecule has 1 aliphatic heterocycles. The van der Waals surface area contributed by atoms with Crippen LogP contribution in [-0.4, -0.2) is 55.2 Å². The topological polar surface area (TPSA) is 101 Å². The van der Waals surface area contributed by atoms with Crippen molar-refractivity contribution in [1.82, 2.24) is 25.1 Å². The molecule has 1 aromatic carbocycles. The number of benzene rings is 1. The Bertz CT molecular complexity index is 838. The lowest BCUT2D eigenvalue weighted by Gasteiger charge is -2.38. The third kappa shape index (κ3) is 3.95. The predicted molar refractivity (Wildman–Crippen MR) is 99.1 cm³/mol. The first-order valence-corrected chi connectivity index (χ1v) is 9.29. The van der Waals surface area contributed by atoms with Gasteiger partial charge in [-0.2, -0.15) is 4.80 Å². The van der Waals surface area contributed by atoms with Crippen molar-refractivity contribution in [3.05, 3.63) is 29.3 Å². The van der Waals surface area contributed by atoms with E-state index < -0.39 is 17.4 Å². The third-order valence-corrected chi connectivity index (χ3v) is 5.26. The van der Waals surface area contributed by atoms with Crippen LogP contribution in [0.25, 0.3) is 11.4 Å². The van der Waals surface area contributed by atoms with E-state index in [-0.39, 0.29) is 12.5 Å².